The first-order valence-corrected chi connectivity index (χ1v) is 6.04. The Morgan fingerprint density at radius 1 is 1.50 bits per heavy atom. The van der Waals surface area contributed by atoms with Crippen LogP contribution >= 0.6 is 15.9 Å². The molecular formula is C12H17BrN2O. The van der Waals surface area contributed by atoms with E-state index in [-0.39, 0.29) is 11.9 Å². The van der Waals surface area contributed by atoms with Gasteiger partial charge in [0.15, 0.2) is 0 Å². The van der Waals surface area contributed by atoms with E-state index in [9.17, 15) is 4.79 Å². The van der Waals surface area contributed by atoms with E-state index >= 15 is 0 Å². The summed E-state index contributed by atoms with van der Waals surface area (Å²) in [5, 5.41) is 5.78. The van der Waals surface area contributed by atoms with Crippen molar-refractivity contribution >= 4 is 21.8 Å². The molecule has 0 aliphatic heterocycles. The molecular weight excluding hydrogens is 268 g/mol. The minimum Gasteiger partial charge on any atom is -0.358 e. The normalized spacial score (nSPS) is 12.2. The fraction of sp³-hybridized carbons (Fsp3) is 0.417. The van der Waals surface area contributed by atoms with E-state index in [0.29, 0.717) is 6.54 Å². The van der Waals surface area contributed by atoms with Gasteiger partial charge in [-0.05, 0) is 31.0 Å². The fourth-order valence-electron chi connectivity index (χ4n) is 1.37. The first kappa shape index (κ1) is 13.2. The van der Waals surface area contributed by atoms with E-state index in [1.165, 1.54) is 5.56 Å². The van der Waals surface area contributed by atoms with E-state index in [0.717, 1.165) is 10.0 Å². The molecule has 16 heavy (non-hydrogen) atoms. The fourth-order valence-corrected chi connectivity index (χ4v) is 2.00. The Kier molecular flexibility index (Phi) is 4.96. The number of nitrogens with one attached hydrogen (secondary N) is 2. The summed E-state index contributed by atoms with van der Waals surface area (Å²) in [7, 11) is 1.64. The average molecular weight is 285 g/mol. The molecule has 4 heteroatoms. The summed E-state index contributed by atoms with van der Waals surface area (Å²) in [6, 6.07) is 6.01. The number of aryl methyl sites for hydroxylation is 1. The monoisotopic (exact) mass is 284 g/mol. The Morgan fingerprint density at radius 3 is 2.75 bits per heavy atom. The predicted octanol–water partition coefficient (Wildman–Crippen LogP) is 1.98. The number of benzene rings is 1. The van der Waals surface area contributed by atoms with Gasteiger partial charge in [0, 0.05) is 18.1 Å². The molecule has 0 bridgehead atoms. The van der Waals surface area contributed by atoms with Gasteiger partial charge in [-0.3, -0.25) is 4.79 Å². The zero-order valence-electron chi connectivity index (χ0n) is 9.80. The van der Waals surface area contributed by atoms with Gasteiger partial charge >= 0.3 is 0 Å². The number of hydrogen-bond donors (Lipinski definition) is 2. The van der Waals surface area contributed by atoms with Crippen LogP contribution in [0.15, 0.2) is 22.7 Å². The number of likely N-dealkylation sites (N-methyl/N-ethyl adjacent to an activating group) is 1. The summed E-state index contributed by atoms with van der Waals surface area (Å²) in [6.07, 6.45) is 0. The summed E-state index contributed by atoms with van der Waals surface area (Å²) in [5.74, 6) is 0.00299. The molecule has 1 amide bonds. The molecule has 1 rings (SSSR count). The minimum absolute atomic E-state index is 0.00299. The van der Waals surface area contributed by atoms with E-state index in [2.05, 4.69) is 51.7 Å². The lowest BCUT2D eigenvalue weighted by atomic mass is 10.1. The van der Waals surface area contributed by atoms with Crippen LogP contribution in [0.3, 0.4) is 0 Å². The van der Waals surface area contributed by atoms with Crippen molar-refractivity contribution in [3.63, 3.8) is 0 Å². The van der Waals surface area contributed by atoms with Crippen LogP contribution in [0.4, 0.5) is 0 Å². The highest BCUT2D eigenvalue weighted by atomic mass is 79.9. The van der Waals surface area contributed by atoms with E-state index < -0.39 is 0 Å². The highest BCUT2D eigenvalue weighted by Gasteiger charge is 2.10. The molecule has 0 aromatic heterocycles. The molecule has 0 aliphatic carbocycles. The third kappa shape index (κ3) is 3.61. The van der Waals surface area contributed by atoms with Crippen molar-refractivity contribution in [3.05, 3.63) is 33.8 Å². The van der Waals surface area contributed by atoms with Crippen molar-refractivity contribution in [2.45, 2.75) is 26.4 Å². The van der Waals surface area contributed by atoms with Crippen LogP contribution in [0.5, 0.6) is 0 Å². The van der Waals surface area contributed by atoms with Crippen molar-refractivity contribution in [2.24, 2.45) is 0 Å². The lowest BCUT2D eigenvalue weighted by Crippen LogP contribution is -2.40. The molecule has 0 radical (unpaired) electrons. The molecule has 0 saturated heterocycles. The van der Waals surface area contributed by atoms with Crippen molar-refractivity contribution < 1.29 is 4.79 Å². The van der Waals surface area contributed by atoms with Crippen LogP contribution < -0.4 is 10.6 Å². The Morgan fingerprint density at radius 2 is 2.19 bits per heavy atom. The Balaban J connectivity index is 2.58. The van der Waals surface area contributed by atoms with Crippen LogP contribution in [0.2, 0.25) is 0 Å². The summed E-state index contributed by atoms with van der Waals surface area (Å²) >= 11 is 3.51. The summed E-state index contributed by atoms with van der Waals surface area (Å²) in [4.78, 5) is 11.3. The molecule has 0 heterocycles. The molecule has 88 valence electrons. The lowest BCUT2D eigenvalue weighted by molar-refractivity contribution is -0.122. The maximum Gasteiger partial charge on any atom is 0.236 e. The van der Waals surface area contributed by atoms with Crippen LogP contribution in [0.25, 0.3) is 0 Å². The number of amides is 1. The molecule has 1 aromatic rings. The second-order valence-electron chi connectivity index (χ2n) is 3.81. The number of halogens is 1. The quantitative estimate of drug-likeness (QED) is 0.888. The van der Waals surface area contributed by atoms with Gasteiger partial charge in [-0.1, -0.05) is 28.1 Å². The highest BCUT2D eigenvalue weighted by Crippen LogP contribution is 2.18. The Bertz CT molecular complexity index is 379. The van der Waals surface area contributed by atoms with E-state index in [1.54, 1.807) is 7.05 Å². The molecule has 1 atom stereocenters. The van der Waals surface area contributed by atoms with Gasteiger partial charge in [0.05, 0.1) is 6.04 Å². The maximum atomic E-state index is 11.3. The average Bonchev–Trinajstić information content (AvgIpc) is 2.26. The van der Waals surface area contributed by atoms with Crippen molar-refractivity contribution in [1.82, 2.24) is 10.6 Å². The van der Waals surface area contributed by atoms with Gasteiger partial charge < -0.3 is 10.6 Å². The molecule has 3 nitrogen and oxygen atoms in total. The predicted molar refractivity (Wildman–Crippen MR) is 69.2 cm³/mol. The third-order valence-corrected chi connectivity index (χ3v) is 3.19. The molecule has 0 spiro atoms. The van der Waals surface area contributed by atoms with Crippen molar-refractivity contribution in [2.75, 3.05) is 7.05 Å². The van der Waals surface area contributed by atoms with Crippen molar-refractivity contribution in [1.29, 1.82) is 0 Å². The topological polar surface area (TPSA) is 41.1 Å². The molecule has 0 aliphatic rings. The number of hydrogen-bond acceptors (Lipinski definition) is 2. The minimum atomic E-state index is -0.182. The van der Waals surface area contributed by atoms with Gasteiger partial charge in [-0.25, -0.2) is 0 Å². The van der Waals surface area contributed by atoms with Crippen molar-refractivity contribution in [3.8, 4) is 0 Å². The maximum absolute atomic E-state index is 11.3. The van der Waals surface area contributed by atoms with Crippen LogP contribution in [-0.4, -0.2) is 19.0 Å². The van der Waals surface area contributed by atoms with Gasteiger partial charge in [0.25, 0.3) is 0 Å². The SMILES string of the molecule is CNC(=O)C(C)NCc1ccc(C)cc1Br. The molecule has 0 saturated carbocycles. The zero-order valence-corrected chi connectivity index (χ0v) is 11.4. The summed E-state index contributed by atoms with van der Waals surface area (Å²) < 4.78 is 1.07. The van der Waals surface area contributed by atoms with Crippen LogP contribution in [0, 0.1) is 6.92 Å². The number of rotatable bonds is 4. The summed E-state index contributed by atoms with van der Waals surface area (Å²) in [6.45, 7) is 4.57. The first-order chi connectivity index (χ1) is 7.54. The van der Waals surface area contributed by atoms with Gasteiger partial charge in [0.1, 0.15) is 0 Å². The third-order valence-electron chi connectivity index (χ3n) is 2.45. The van der Waals surface area contributed by atoms with Gasteiger partial charge in [-0.15, -0.1) is 0 Å². The lowest BCUT2D eigenvalue weighted by Gasteiger charge is -2.13. The molecule has 1 aromatic carbocycles. The summed E-state index contributed by atoms with van der Waals surface area (Å²) in [5.41, 5.74) is 2.37. The largest absolute Gasteiger partial charge is 0.358 e. The van der Waals surface area contributed by atoms with E-state index in [4.69, 9.17) is 0 Å². The second-order valence-corrected chi connectivity index (χ2v) is 4.67. The number of carbonyl (C=O) groups is 1. The Labute approximate surface area is 105 Å². The van der Waals surface area contributed by atoms with Gasteiger partial charge in [0.2, 0.25) is 5.91 Å². The first-order valence-electron chi connectivity index (χ1n) is 5.24. The second kappa shape index (κ2) is 6.01. The smallest absolute Gasteiger partial charge is 0.236 e. The van der Waals surface area contributed by atoms with Crippen LogP contribution in [0.1, 0.15) is 18.1 Å². The van der Waals surface area contributed by atoms with Gasteiger partial charge in [-0.2, -0.15) is 0 Å². The molecule has 2 N–H and O–H groups in total. The molecule has 1 unspecified atom stereocenters. The van der Waals surface area contributed by atoms with Crippen LogP contribution in [-0.2, 0) is 11.3 Å². The zero-order chi connectivity index (χ0) is 12.1. The van der Waals surface area contributed by atoms with E-state index in [1.807, 2.05) is 6.92 Å². The Hall–Kier alpha value is -0.870. The highest BCUT2D eigenvalue weighted by molar-refractivity contribution is 9.10. The standard InChI is InChI=1S/C12H17BrN2O/c1-8-4-5-10(11(13)6-8)7-15-9(2)12(16)14-3/h4-6,9,15H,7H2,1-3H3,(H,14,16). The molecule has 0 fully saturated rings. The number of carbonyl (C=O) groups excluding carboxylic acids is 1.